The summed E-state index contributed by atoms with van der Waals surface area (Å²) in [5, 5.41) is 2.80. The van der Waals surface area contributed by atoms with Crippen molar-refractivity contribution in [1.82, 2.24) is 9.62 Å². The van der Waals surface area contributed by atoms with Crippen molar-refractivity contribution in [2.45, 2.75) is 24.9 Å². The first-order valence-electron chi connectivity index (χ1n) is 10.5. The maximum absolute atomic E-state index is 13.4. The Kier molecular flexibility index (Phi) is 8.71. The number of rotatable bonds is 10. The van der Waals surface area contributed by atoms with E-state index in [-0.39, 0.29) is 24.5 Å². The van der Waals surface area contributed by atoms with E-state index in [1.807, 2.05) is 37.3 Å². The van der Waals surface area contributed by atoms with Gasteiger partial charge in [0.15, 0.2) is 11.5 Å². The molecule has 0 aliphatic rings. The molecule has 34 heavy (non-hydrogen) atoms. The van der Waals surface area contributed by atoms with Crippen molar-refractivity contribution in [2.75, 3.05) is 20.8 Å². The molecule has 3 aromatic rings. The fraction of sp³-hybridized carbons (Fsp3) is 0.240. The van der Waals surface area contributed by atoms with Crippen LogP contribution in [-0.2, 0) is 27.9 Å². The zero-order valence-electron chi connectivity index (χ0n) is 19.2. The Morgan fingerprint density at radius 2 is 1.53 bits per heavy atom. The van der Waals surface area contributed by atoms with Gasteiger partial charge in [0, 0.05) is 17.6 Å². The average Bonchev–Trinajstić information content (AvgIpc) is 2.83. The molecule has 0 fully saturated rings. The van der Waals surface area contributed by atoms with E-state index in [9.17, 15) is 13.2 Å². The molecule has 1 amide bonds. The van der Waals surface area contributed by atoms with Gasteiger partial charge in [0.25, 0.3) is 0 Å². The Hall–Kier alpha value is -2.88. The molecule has 0 bridgehead atoms. The fourth-order valence-electron chi connectivity index (χ4n) is 3.29. The van der Waals surface area contributed by atoms with E-state index in [1.54, 1.807) is 43.5 Å². The van der Waals surface area contributed by atoms with Crippen LogP contribution < -0.4 is 14.8 Å². The Balaban J connectivity index is 1.78. The lowest BCUT2D eigenvalue weighted by molar-refractivity contribution is -0.121. The number of ether oxygens (including phenoxy) is 2. The molecule has 0 heterocycles. The third-order valence-corrected chi connectivity index (χ3v) is 7.52. The van der Waals surface area contributed by atoms with Crippen molar-refractivity contribution in [3.8, 4) is 11.5 Å². The maximum atomic E-state index is 13.4. The molecular formula is C25H27BrN2O5S. The lowest BCUT2D eigenvalue weighted by Gasteiger charge is -2.22. The van der Waals surface area contributed by atoms with Gasteiger partial charge in [-0.2, -0.15) is 4.31 Å². The van der Waals surface area contributed by atoms with Crippen LogP contribution in [-0.4, -0.2) is 39.4 Å². The molecule has 3 aromatic carbocycles. The van der Waals surface area contributed by atoms with Gasteiger partial charge < -0.3 is 14.8 Å². The number of sulfonamides is 1. The van der Waals surface area contributed by atoms with Gasteiger partial charge in [0.1, 0.15) is 0 Å². The van der Waals surface area contributed by atoms with E-state index in [0.717, 1.165) is 21.2 Å². The number of aryl methyl sites for hydroxylation is 1. The molecule has 0 saturated heterocycles. The highest BCUT2D eigenvalue weighted by Gasteiger charge is 2.27. The Morgan fingerprint density at radius 1 is 0.912 bits per heavy atom. The zero-order valence-corrected chi connectivity index (χ0v) is 21.6. The summed E-state index contributed by atoms with van der Waals surface area (Å²) in [4.78, 5) is 12.9. The topological polar surface area (TPSA) is 84.9 Å². The number of nitrogens with one attached hydrogen (secondary N) is 1. The lowest BCUT2D eigenvalue weighted by atomic mass is 10.2. The third kappa shape index (κ3) is 6.59. The minimum atomic E-state index is -3.90. The largest absolute Gasteiger partial charge is 0.493 e. The summed E-state index contributed by atoms with van der Waals surface area (Å²) in [6.07, 6.45) is 0. The van der Waals surface area contributed by atoms with Crippen LogP contribution in [0.3, 0.4) is 0 Å². The third-order valence-electron chi connectivity index (χ3n) is 5.19. The van der Waals surface area contributed by atoms with Crippen molar-refractivity contribution in [1.29, 1.82) is 0 Å². The SMILES string of the molecule is COc1ccc(CNC(=O)CN(Cc2ccc(Br)cc2)S(=O)(=O)c2ccc(C)cc2)cc1OC. The fourth-order valence-corrected chi connectivity index (χ4v) is 4.93. The van der Waals surface area contributed by atoms with Crippen LogP contribution in [0.1, 0.15) is 16.7 Å². The second-order valence-corrected chi connectivity index (χ2v) is 10.5. The highest BCUT2D eigenvalue weighted by Crippen LogP contribution is 2.27. The molecule has 0 aromatic heterocycles. The summed E-state index contributed by atoms with van der Waals surface area (Å²) in [6, 6.07) is 19.2. The Labute approximate surface area is 208 Å². The van der Waals surface area contributed by atoms with Crippen LogP contribution in [0.25, 0.3) is 0 Å². The van der Waals surface area contributed by atoms with E-state index in [1.165, 1.54) is 11.4 Å². The molecular weight excluding hydrogens is 520 g/mol. The standard InChI is InChI=1S/C25H27BrN2O5S/c1-18-4-11-22(12-5-18)34(30,31)28(16-19-6-9-21(26)10-7-19)17-25(29)27-15-20-8-13-23(32-2)24(14-20)33-3/h4-14H,15-17H2,1-3H3,(H,27,29). The van der Waals surface area contributed by atoms with E-state index in [4.69, 9.17) is 9.47 Å². The molecule has 180 valence electrons. The number of halogens is 1. The highest BCUT2D eigenvalue weighted by atomic mass is 79.9. The van der Waals surface area contributed by atoms with Crippen LogP contribution in [0.5, 0.6) is 11.5 Å². The number of methoxy groups -OCH3 is 2. The predicted molar refractivity (Wildman–Crippen MR) is 134 cm³/mol. The molecule has 0 unspecified atom stereocenters. The number of hydrogen-bond acceptors (Lipinski definition) is 5. The zero-order chi connectivity index (χ0) is 24.7. The number of nitrogens with zero attached hydrogens (tertiary/aromatic N) is 1. The molecule has 0 saturated carbocycles. The van der Waals surface area contributed by atoms with Crippen LogP contribution in [0.4, 0.5) is 0 Å². The monoisotopic (exact) mass is 546 g/mol. The first-order valence-corrected chi connectivity index (χ1v) is 12.7. The lowest BCUT2D eigenvalue weighted by Crippen LogP contribution is -2.40. The van der Waals surface area contributed by atoms with E-state index >= 15 is 0 Å². The van der Waals surface area contributed by atoms with Crippen molar-refractivity contribution >= 4 is 31.9 Å². The smallest absolute Gasteiger partial charge is 0.243 e. The molecule has 7 nitrogen and oxygen atoms in total. The molecule has 0 aliphatic carbocycles. The van der Waals surface area contributed by atoms with E-state index in [2.05, 4.69) is 21.2 Å². The minimum absolute atomic E-state index is 0.0628. The Bertz CT molecular complexity index is 1230. The molecule has 0 aliphatic heterocycles. The summed E-state index contributed by atoms with van der Waals surface area (Å²) >= 11 is 3.38. The van der Waals surface area contributed by atoms with Crippen LogP contribution in [0.15, 0.2) is 76.1 Å². The first-order chi connectivity index (χ1) is 16.2. The van der Waals surface area contributed by atoms with Gasteiger partial charge in [0.05, 0.1) is 25.7 Å². The second kappa shape index (κ2) is 11.5. The van der Waals surface area contributed by atoms with Gasteiger partial charge in [0.2, 0.25) is 15.9 Å². The minimum Gasteiger partial charge on any atom is -0.493 e. The number of hydrogen-bond donors (Lipinski definition) is 1. The predicted octanol–water partition coefficient (Wildman–Crippen LogP) is 4.28. The number of benzene rings is 3. The van der Waals surface area contributed by atoms with Gasteiger partial charge in [-0.1, -0.05) is 51.8 Å². The summed E-state index contributed by atoms with van der Waals surface area (Å²) in [5.41, 5.74) is 2.52. The van der Waals surface area contributed by atoms with Gasteiger partial charge in [-0.15, -0.1) is 0 Å². The molecule has 3 rings (SSSR count). The molecule has 0 atom stereocenters. The number of carbonyl (C=O) groups is 1. The summed E-state index contributed by atoms with van der Waals surface area (Å²) < 4.78 is 39.4. The van der Waals surface area contributed by atoms with E-state index < -0.39 is 15.9 Å². The summed E-state index contributed by atoms with van der Waals surface area (Å²) in [7, 11) is -0.812. The summed E-state index contributed by atoms with van der Waals surface area (Å²) in [6.45, 7) is 1.85. The van der Waals surface area contributed by atoms with Crippen molar-refractivity contribution < 1.29 is 22.7 Å². The van der Waals surface area contributed by atoms with Gasteiger partial charge in [-0.3, -0.25) is 4.79 Å². The molecule has 9 heteroatoms. The van der Waals surface area contributed by atoms with Crippen molar-refractivity contribution in [3.05, 3.63) is 87.9 Å². The van der Waals surface area contributed by atoms with Crippen LogP contribution in [0.2, 0.25) is 0 Å². The number of carbonyl (C=O) groups excluding carboxylic acids is 1. The van der Waals surface area contributed by atoms with Crippen LogP contribution in [0, 0.1) is 6.92 Å². The van der Waals surface area contributed by atoms with Gasteiger partial charge >= 0.3 is 0 Å². The number of amides is 1. The van der Waals surface area contributed by atoms with Crippen molar-refractivity contribution in [2.24, 2.45) is 0 Å². The first kappa shape index (κ1) is 25.7. The second-order valence-electron chi connectivity index (χ2n) is 7.68. The average molecular weight is 547 g/mol. The van der Waals surface area contributed by atoms with Gasteiger partial charge in [-0.05, 0) is 54.4 Å². The van der Waals surface area contributed by atoms with Gasteiger partial charge in [-0.25, -0.2) is 8.42 Å². The maximum Gasteiger partial charge on any atom is 0.243 e. The summed E-state index contributed by atoms with van der Waals surface area (Å²) in [5.74, 6) is 0.720. The molecule has 0 spiro atoms. The Morgan fingerprint density at radius 3 is 2.15 bits per heavy atom. The van der Waals surface area contributed by atoms with Crippen LogP contribution >= 0.6 is 15.9 Å². The molecule has 0 radical (unpaired) electrons. The van der Waals surface area contributed by atoms with Crippen molar-refractivity contribution in [3.63, 3.8) is 0 Å². The normalized spacial score (nSPS) is 11.3. The molecule has 1 N–H and O–H groups in total. The quantitative estimate of drug-likeness (QED) is 0.410. The van der Waals surface area contributed by atoms with E-state index in [0.29, 0.717) is 11.5 Å². The highest BCUT2D eigenvalue weighted by molar-refractivity contribution is 9.10.